The molecule has 1 aromatic heterocycles. The maximum Gasteiger partial charge on any atom is 0.121 e. The Balaban J connectivity index is 2.55. The monoisotopic (exact) mass is 238 g/mol. The van der Waals surface area contributed by atoms with E-state index in [2.05, 4.69) is 26.1 Å². The van der Waals surface area contributed by atoms with Gasteiger partial charge in [-0.1, -0.05) is 27.2 Å². The van der Waals surface area contributed by atoms with Gasteiger partial charge in [0.2, 0.25) is 0 Å². The van der Waals surface area contributed by atoms with E-state index >= 15 is 0 Å². The predicted octanol–water partition coefficient (Wildman–Crippen LogP) is 3.20. The zero-order valence-corrected chi connectivity index (χ0v) is 8.34. The normalized spacial score (nSPS) is 10.5. The predicted molar refractivity (Wildman–Crippen MR) is 55.5 cm³/mol. The van der Waals surface area contributed by atoms with Crippen LogP contribution in [0.3, 0.4) is 0 Å². The minimum absolute atomic E-state index is 0.201. The van der Waals surface area contributed by atoms with Crippen molar-refractivity contribution in [2.75, 3.05) is 0 Å². The number of nitrogens with zero attached hydrogens (tertiary/aromatic N) is 1. The summed E-state index contributed by atoms with van der Waals surface area (Å²) >= 11 is 3.38. The van der Waals surface area contributed by atoms with Gasteiger partial charge < -0.3 is 4.98 Å². The standard InChI is InChI=1S/C9H7BrN2O/c10-7-2-1-6-3-8(5-11-13)12-9(6)4-7/h1-4,12H,5H2. The second-order valence-electron chi connectivity index (χ2n) is 2.81. The Morgan fingerprint density at radius 2 is 2.23 bits per heavy atom. The third kappa shape index (κ3) is 1.62. The lowest BCUT2D eigenvalue weighted by Gasteiger charge is -1.89. The number of fused-ring (bicyclic) bond motifs is 1. The van der Waals surface area contributed by atoms with Gasteiger partial charge in [-0.2, -0.15) is 4.91 Å². The van der Waals surface area contributed by atoms with Crippen molar-refractivity contribution in [2.45, 2.75) is 6.54 Å². The third-order valence-corrected chi connectivity index (χ3v) is 2.37. The summed E-state index contributed by atoms with van der Waals surface area (Å²) in [6.07, 6.45) is 0. The van der Waals surface area contributed by atoms with Crippen LogP contribution in [0.15, 0.2) is 33.9 Å². The van der Waals surface area contributed by atoms with E-state index in [1.54, 1.807) is 0 Å². The quantitative estimate of drug-likeness (QED) is 0.803. The molecule has 0 bridgehead atoms. The first-order valence-corrected chi connectivity index (χ1v) is 4.65. The van der Waals surface area contributed by atoms with Gasteiger partial charge >= 0.3 is 0 Å². The number of hydrogen-bond donors (Lipinski definition) is 1. The number of nitroso groups, excluding NO2 is 1. The molecule has 0 fully saturated rings. The van der Waals surface area contributed by atoms with E-state index in [1.165, 1.54) is 0 Å². The fraction of sp³-hybridized carbons (Fsp3) is 0.111. The molecule has 0 amide bonds. The Hall–Kier alpha value is -1.16. The van der Waals surface area contributed by atoms with Crippen LogP contribution in [0.2, 0.25) is 0 Å². The fourth-order valence-corrected chi connectivity index (χ4v) is 1.68. The van der Waals surface area contributed by atoms with Crippen LogP contribution in [-0.2, 0) is 6.54 Å². The van der Waals surface area contributed by atoms with Gasteiger partial charge in [0.15, 0.2) is 0 Å². The minimum atomic E-state index is 0.201. The minimum Gasteiger partial charge on any atom is -0.357 e. The Bertz CT molecular complexity index is 450. The maximum absolute atomic E-state index is 10.0. The molecule has 0 spiro atoms. The van der Waals surface area contributed by atoms with E-state index in [-0.39, 0.29) is 6.54 Å². The van der Waals surface area contributed by atoms with Crippen molar-refractivity contribution in [3.63, 3.8) is 0 Å². The van der Waals surface area contributed by atoms with Crippen molar-refractivity contribution in [2.24, 2.45) is 5.18 Å². The largest absolute Gasteiger partial charge is 0.357 e. The lowest BCUT2D eigenvalue weighted by molar-refractivity contribution is 1.01. The smallest absolute Gasteiger partial charge is 0.121 e. The van der Waals surface area contributed by atoms with E-state index in [1.807, 2.05) is 24.3 Å². The van der Waals surface area contributed by atoms with Crippen LogP contribution in [-0.4, -0.2) is 4.98 Å². The average molecular weight is 239 g/mol. The van der Waals surface area contributed by atoms with E-state index in [0.29, 0.717) is 0 Å². The number of H-pyrrole nitrogens is 1. The molecule has 4 heteroatoms. The van der Waals surface area contributed by atoms with Crippen LogP contribution in [0.4, 0.5) is 0 Å². The lowest BCUT2D eigenvalue weighted by Crippen LogP contribution is -1.76. The number of hydrogen-bond acceptors (Lipinski definition) is 2. The third-order valence-electron chi connectivity index (χ3n) is 1.88. The number of aromatic amines is 1. The molecule has 0 atom stereocenters. The Morgan fingerprint density at radius 1 is 1.38 bits per heavy atom. The van der Waals surface area contributed by atoms with Crippen molar-refractivity contribution in [1.82, 2.24) is 4.98 Å². The van der Waals surface area contributed by atoms with E-state index in [9.17, 15) is 4.91 Å². The zero-order chi connectivity index (χ0) is 9.26. The van der Waals surface area contributed by atoms with Crippen LogP contribution in [0, 0.1) is 4.91 Å². The summed E-state index contributed by atoms with van der Waals surface area (Å²) in [6, 6.07) is 7.87. The van der Waals surface area contributed by atoms with Crippen molar-refractivity contribution in [1.29, 1.82) is 0 Å². The van der Waals surface area contributed by atoms with Gasteiger partial charge in [0.05, 0.1) is 0 Å². The molecule has 0 saturated heterocycles. The highest BCUT2D eigenvalue weighted by Crippen LogP contribution is 2.20. The van der Waals surface area contributed by atoms with Crippen LogP contribution in [0.5, 0.6) is 0 Å². The van der Waals surface area contributed by atoms with Gasteiger partial charge in [0.1, 0.15) is 6.54 Å². The van der Waals surface area contributed by atoms with Crippen molar-refractivity contribution in [3.8, 4) is 0 Å². The topological polar surface area (TPSA) is 45.2 Å². The van der Waals surface area contributed by atoms with Crippen molar-refractivity contribution < 1.29 is 0 Å². The highest BCUT2D eigenvalue weighted by atomic mass is 79.9. The summed E-state index contributed by atoms with van der Waals surface area (Å²) in [6.45, 7) is 0.201. The first-order chi connectivity index (χ1) is 6.29. The number of aromatic nitrogens is 1. The van der Waals surface area contributed by atoms with Crippen LogP contribution < -0.4 is 0 Å². The molecule has 0 radical (unpaired) electrons. The first-order valence-electron chi connectivity index (χ1n) is 3.86. The maximum atomic E-state index is 10.0. The van der Waals surface area contributed by atoms with Gasteiger partial charge in [0.25, 0.3) is 0 Å². The molecule has 0 aliphatic carbocycles. The second-order valence-corrected chi connectivity index (χ2v) is 3.73. The molecule has 1 aromatic carbocycles. The van der Waals surface area contributed by atoms with Gasteiger partial charge in [-0.25, -0.2) is 0 Å². The van der Waals surface area contributed by atoms with Crippen molar-refractivity contribution >= 4 is 26.8 Å². The Morgan fingerprint density at radius 3 is 3.00 bits per heavy atom. The first kappa shape index (κ1) is 8.44. The number of benzene rings is 1. The molecule has 0 aliphatic rings. The van der Waals surface area contributed by atoms with E-state index in [4.69, 9.17) is 0 Å². The molecule has 66 valence electrons. The molecule has 0 unspecified atom stereocenters. The summed E-state index contributed by atoms with van der Waals surface area (Å²) in [5, 5.41) is 3.93. The van der Waals surface area contributed by atoms with E-state index < -0.39 is 0 Å². The molecule has 0 aliphatic heterocycles. The highest BCUT2D eigenvalue weighted by molar-refractivity contribution is 9.10. The molecule has 3 nitrogen and oxygen atoms in total. The number of halogens is 1. The molecule has 2 rings (SSSR count). The summed E-state index contributed by atoms with van der Waals surface area (Å²) < 4.78 is 1.02. The average Bonchev–Trinajstić information content (AvgIpc) is 2.46. The molecule has 1 N–H and O–H groups in total. The summed E-state index contributed by atoms with van der Waals surface area (Å²) in [7, 11) is 0. The summed E-state index contributed by atoms with van der Waals surface area (Å²) in [5.41, 5.74) is 1.87. The van der Waals surface area contributed by atoms with Crippen LogP contribution in [0.1, 0.15) is 5.69 Å². The summed E-state index contributed by atoms with van der Waals surface area (Å²) in [4.78, 5) is 13.2. The van der Waals surface area contributed by atoms with Gasteiger partial charge in [-0.15, -0.1) is 0 Å². The zero-order valence-electron chi connectivity index (χ0n) is 6.75. The SMILES string of the molecule is O=NCc1cc2ccc(Br)cc2[nH]1. The molecular weight excluding hydrogens is 232 g/mol. The van der Waals surface area contributed by atoms with Gasteiger partial charge in [0, 0.05) is 15.7 Å². The highest BCUT2D eigenvalue weighted by Gasteiger charge is 2.00. The molecular formula is C9H7BrN2O. The fourth-order valence-electron chi connectivity index (χ4n) is 1.31. The molecule has 1 heterocycles. The molecule has 2 aromatic rings. The molecule has 0 saturated carbocycles. The van der Waals surface area contributed by atoms with Crippen molar-refractivity contribution in [3.05, 3.63) is 39.3 Å². The summed E-state index contributed by atoms with van der Waals surface area (Å²) in [5.74, 6) is 0. The Labute approximate surface area is 83.2 Å². The second kappa shape index (κ2) is 3.30. The van der Waals surface area contributed by atoms with E-state index in [0.717, 1.165) is 21.1 Å². The Kier molecular flexibility index (Phi) is 2.14. The van der Waals surface area contributed by atoms with Gasteiger partial charge in [-0.05, 0) is 23.6 Å². The molecule has 13 heavy (non-hydrogen) atoms. The van der Waals surface area contributed by atoms with Gasteiger partial charge in [-0.3, -0.25) is 0 Å². The van der Waals surface area contributed by atoms with Crippen LogP contribution in [0.25, 0.3) is 10.9 Å². The number of rotatable bonds is 2. The lowest BCUT2D eigenvalue weighted by atomic mass is 10.2. The number of nitrogens with one attached hydrogen (secondary N) is 1. The van der Waals surface area contributed by atoms with Crippen LogP contribution >= 0.6 is 15.9 Å².